The van der Waals surface area contributed by atoms with Crippen molar-refractivity contribution in [3.63, 3.8) is 0 Å². The second-order valence-electron chi connectivity index (χ2n) is 7.14. The number of ether oxygens (including phenoxy) is 1. The van der Waals surface area contributed by atoms with Crippen molar-refractivity contribution in [2.24, 2.45) is 0 Å². The third kappa shape index (κ3) is 6.93. The molecule has 0 bridgehead atoms. The molecule has 1 aromatic heterocycles. The normalized spacial score (nSPS) is 13.3. The van der Waals surface area contributed by atoms with E-state index in [9.17, 15) is 9.90 Å². The van der Waals surface area contributed by atoms with E-state index < -0.39 is 6.10 Å². The average Bonchev–Trinajstić information content (AvgIpc) is 2.77. The van der Waals surface area contributed by atoms with E-state index in [4.69, 9.17) is 33.0 Å². The Bertz CT molecular complexity index is 1060. The molecular weight excluding hydrogens is 441 g/mol. The minimum atomic E-state index is -0.960. The third-order valence-corrected chi connectivity index (χ3v) is 5.42. The van der Waals surface area contributed by atoms with E-state index in [0.29, 0.717) is 40.9 Å². The van der Waals surface area contributed by atoms with Crippen LogP contribution in [0.25, 0.3) is 10.9 Å². The Morgan fingerprint density at radius 3 is 2.65 bits per heavy atom. The van der Waals surface area contributed by atoms with Crippen LogP contribution in [0.5, 0.6) is 0 Å². The molecule has 2 unspecified atom stereocenters. The number of hydrogen-bond donors (Lipinski definition) is 5. The fourth-order valence-corrected chi connectivity index (χ4v) is 3.35. The molecule has 1 heterocycles. The first-order valence-electron chi connectivity index (χ1n) is 9.87. The summed E-state index contributed by atoms with van der Waals surface area (Å²) < 4.78 is 5.74. The van der Waals surface area contributed by atoms with Gasteiger partial charge in [-0.15, -0.1) is 0 Å². The van der Waals surface area contributed by atoms with Crippen LogP contribution in [-0.2, 0) is 11.3 Å². The van der Waals surface area contributed by atoms with Gasteiger partial charge in [-0.2, -0.15) is 0 Å². The number of aliphatic hydroxyl groups excluding tert-OH is 2. The molecule has 0 aliphatic carbocycles. The number of pyridine rings is 1. The fourth-order valence-electron chi connectivity index (χ4n) is 3.03. The van der Waals surface area contributed by atoms with Gasteiger partial charge in [0.05, 0.1) is 34.9 Å². The van der Waals surface area contributed by atoms with Crippen LogP contribution >= 0.6 is 23.2 Å². The van der Waals surface area contributed by atoms with E-state index in [0.717, 1.165) is 11.1 Å². The summed E-state index contributed by atoms with van der Waals surface area (Å²) in [5.41, 5.74) is 1.63. The molecule has 0 saturated carbocycles. The lowest BCUT2D eigenvalue weighted by Gasteiger charge is -2.21. The van der Waals surface area contributed by atoms with Crippen molar-refractivity contribution >= 4 is 39.9 Å². The Balaban J connectivity index is 1.61. The van der Waals surface area contributed by atoms with Crippen LogP contribution in [0.15, 0.2) is 53.3 Å². The molecule has 0 fully saturated rings. The highest BCUT2D eigenvalue weighted by atomic mass is 35.5. The number of aromatic nitrogens is 1. The van der Waals surface area contributed by atoms with E-state index >= 15 is 0 Å². The van der Waals surface area contributed by atoms with Crippen molar-refractivity contribution in [3.05, 3.63) is 74.4 Å². The summed E-state index contributed by atoms with van der Waals surface area (Å²) in [5.74, 6) is 0.574. The second-order valence-corrected chi connectivity index (χ2v) is 7.96. The third-order valence-electron chi connectivity index (χ3n) is 4.68. The first-order valence-corrected chi connectivity index (χ1v) is 10.6. The number of hydrogen-bond acceptors (Lipinski definition) is 6. The summed E-state index contributed by atoms with van der Waals surface area (Å²) in [6, 6.07) is 14.2. The molecule has 0 radical (unpaired) electrons. The zero-order valence-corrected chi connectivity index (χ0v) is 18.3. The molecule has 0 aliphatic rings. The molecule has 5 N–H and O–H groups in total. The Labute approximate surface area is 190 Å². The lowest BCUT2D eigenvalue weighted by atomic mass is 10.2. The largest absolute Gasteiger partial charge is 0.394 e. The van der Waals surface area contributed by atoms with Crippen molar-refractivity contribution in [2.45, 2.75) is 18.8 Å². The molecule has 0 aliphatic heterocycles. The lowest BCUT2D eigenvalue weighted by molar-refractivity contribution is -0.0237. The molecule has 0 saturated heterocycles. The van der Waals surface area contributed by atoms with Gasteiger partial charge in [-0.1, -0.05) is 41.4 Å². The van der Waals surface area contributed by atoms with Crippen LogP contribution in [-0.4, -0.2) is 53.7 Å². The molecule has 9 heteroatoms. The van der Waals surface area contributed by atoms with Crippen molar-refractivity contribution in [1.82, 2.24) is 10.3 Å². The highest BCUT2D eigenvalue weighted by Crippen LogP contribution is 2.22. The minimum absolute atomic E-state index is 0.00839. The van der Waals surface area contributed by atoms with Gasteiger partial charge in [-0.3, -0.25) is 4.79 Å². The standard InChI is InChI=1S/C22H25Cl2N3O4/c23-18-6-5-14(7-19(18)24)9-25-10-16(31-13-15(29)12-28)11-26-22-8-21(30)17-3-1-2-4-20(17)27-22/h1-8,15-16,25,28-29H,9-13H2,(H2,26,27,30). The van der Waals surface area contributed by atoms with Gasteiger partial charge in [0.2, 0.25) is 0 Å². The summed E-state index contributed by atoms with van der Waals surface area (Å²) in [6.45, 7) is 0.997. The summed E-state index contributed by atoms with van der Waals surface area (Å²) in [5, 5.41) is 26.7. The smallest absolute Gasteiger partial charge is 0.191 e. The van der Waals surface area contributed by atoms with E-state index in [1.807, 2.05) is 24.3 Å². The molecule has 31 heavy (non-hydrogen) atoms. The predicted molar refractivity (Wildman–Crippen MR) is 124 cm³/mol. The number of para-hydroxylation sites is 1. The van der Waals surface area contributed by atoms with Gasteiger partial charge >= 0.3 is 0 Å². The summed E-state index contributed by atoms with van der Waals surface area (Å²) in [6.07, 6.45) is -1.29. The zero-order valence-electron chi connectivity index (χ0n) is 16.8. The van der Waals surface area contributed by atoms with Gasteiger partial charge in [-0.25, -0.2) is 0 Å². The monoisotopic (exact) mass is 465 g/mol. The number of rotatable bonds is 11. The van der Waals surface area contributed by atoms with Gasteiger partial charge in [0.25, 0.3) is 0 Å². The molecule has 0 amide bonds. The number of anilines is 1. The van der Waals surface area contributed by atoms with Gasteiger partial charge in [0, 0.05) is 31.1 Å². The summed E-state index contributed by atoms with van der Waals surface area (Å²) in [7, 11) is 0. The van der Waals surface area contributed by atoms with Crippen LogP contribution in [0.3, 0.4) is 0 Å². The van der Waals surface area contributed by atoms with Gasteiger partial charge in [0.1, 0.15) is 11.9 Å². The van der Waals surface area contributed by atoms with Crippen molar-refractivity contribution < 1.29 is 14.9 Å². The average molecular weight is 466 g/mol. The highest BCUT2D eigenvalue weighted by Gasteiger charge is 2.13. The number of aromatic amines is 1. The Morgan fingerprint density at radius 1 is 1.06 bits per heavy atom. The maximum Gasteiger partial charge on any atom is 0.191 e. The van der Waals surface area contributed by atoms with Crippen LogP contribution in [0.2, 0.25) is 10.0 Å². The van der Waals surface area contributed by atoms with E-state index in [-0.39, 0.29) is 24.7 Å². The van der Waals surface area contributed by atoms with Crippen molar-refractivity contribution in [3.8, 4) is 0 Å². The Morgan fingerprint density at radius 2 is 1.87 bits per heavy atom. The number of halogens is 2. The Hall–Kier alpha value is -2.13. The molecule has 3 rings (SSSR count). The maximum atomic E-state index is 12.3. The fraction of sp³-hybridized carbons (Fsp3) is 0.318. The van der Waals surface area contributed by atoms with Crippen LogP contribution < -0.4 is 16.1 Å². The molecule has 3 aromatic rings. The number of nitrogens with one attached hydrogen (secondary N) is 3. The Kier molecular flexibility index (Phi) is 8.71. The number of aliphatic hydroxyl groups is 2. The molecule has 166 valence electrons. The quantitative estimate of drug-likeness (QED) is 0.298. The SMILES string of the molecule is O=c1cc(NCC(CNCc2ccc(Cl)c(Cl)c2)OCC(O)CO)[nH]c2ccccc12. The number of H-pyrrole nitrogens is 1. The van der Waals surface area contributed by atoms with E-state index in [1.54, 1.807) is 18.2 Å². The van der Waals surface area contributed by atoms with E-state index in [2.05, 4.69) is 15.6 Å². The van der Waals surface area contributed by atoms with Crippen LogP contribution in [0, 0.1) is 0 Å². The topological polar surface area (TPSA) is 107 Å². The van der Waals surface area contributed by atoms with E-state index in [1.165, 1.54) is 6.07 Å². The van der Waals surface area contributed by atoms with Crippen LogP contribution in [0.4, 0.5) is 5.82 Å². The molecular formula is C22H25Cl2N3O4. The number of fused-ring (bicyclic) bond motifs is 1. The highest BCUT2D eigenvalue weighted by molar-refractivity contribution is 6.42. The first kappa shape index (κ1) is 23.5. The molecule has 2 aromatic carbocycles. The molecule has 0 spiro atoms. The van der Waals surface area contributed by atoms with Gasteiger partial charge in [0.15, 0.2) is 5.43 Å². The summed E-state index contributed by atoms with van der Waals surface area (Å²) >= 11 is 12.0. The first-order chi connectivity index (χ1) is 15.0. The lowest BCUT2D eigenvalue weighted by Crippen LogP contribution is -2.37. The molecule has 2 atom stereocenters. The van der Waals surface area contributed by atoms with Crippen LogP contribution in [0.1, 0.15) is 5.56 Å². The minimum Gasteiger partial charge on any atom is -0.394 e. The predicted octanol–water partition coefficient (Wildman–Crippen LogP) is 2.78. The zero-order chi connectivity index (χ0) is 22.2. The van der Waals surface area contributed by atoms with Gasteiger partial charge in [-0.05, 0) is 29.8 Å². The summed E-state index contributed by atoms with van der Waals surface area (Å²) in [4.78, 5) is 15.5. The van der Waals surface area contributed by atoms with Crippen molar-refractivity contribution in [2.75, 3.05) is 31.6 Å². The maximum absolute atomic E-state index is 12.3. The van der Waals surface area contributed by atoms with Gasteiger partial charge < -0.3 is 30.6 Å². The number of benzene rings is 2. The molecule has 7 nitrogen and oxygen atoms in total. The van der Waals surface area contributed by atoms with Crippen molar-refractivity contribution in [1.29, 1.82) is 0 Å². The second kappa shape index (κ2) is 11.5.